The minimum Gasteiger partial charge on any atom is -0.361 e. The zero-order valence-corrected chi connectivity index (χ0v) is 16.1. The van der Waals surface area contributed by atoms with Crippen molar-refractivity contribution in [2.75, 3.05) is 13.1 Å². The predicted molar refractivity (Wildman–Crippen MR) is 101 cm³/mol. The molecule has 0 radical (unpaired) electrons. The monoisotopic (exact) mass is 348 g/mol. The van der Waals surface area contributed by atoms with Gasteiger partial charge in [-0.25, -0.2) is 0 Å². The predicted octanol–water partition coefficient (Wildman–Crippen LogP) is 3.39. The van der Waals surface area contributed by atoms with Crippen molar-refractivity contribution in [3.8, 4) is 0 Å². The molecule has 5 nitrogen and oxygen atoms in total. The summed E-state index contributed by atoms with van der Waals surface area (Å²) in [5, 5.41) is 10.8. The summed E-state index contributed by atoms with van der Waals surface area (Å²) in [5.74, 6) is 1.76. The minimum atomic E-state index is 0.333. The van der Waals surface area contributed by atoms with Gasteiger partial charge in [0, 0.05) is 40.9 Å². The van der Waals surface area contributed by atoms with Gasteiger partial charge in [0.2, 0.25) is 0 Å². The van der Waals surface area contributed by atoms with E-state index in [0.29, 0.717) is 12.6 Å². The molecular formula is C18H28N4OS. The van der Waals surface area contributed by atoms with E-state index in [1.807, 2.05) is 25.2 Å². The standard InChI is InChI=1S/C18H28N4OS/c1-6-19-18(20-10-9-17-14(4)22-23-15(17)5)21-12(2)11-16-8-7-13(3)24-16/h7-8,12H,6,9-11H2,1-5H3,(H2,19,20,21). The second-order valence-electron chi connectivity index (χ2n) is 6.08. The van der Waals surface area contributed by atoms with Crippen LogP contribution < -0.4 is 10.6 Å². The molecule has 0 saturated heterocycles. The molecule has 2 heterocycles. The van der Waals surface area contributed by atoms with E-state index < -0.39 is 0 Å². The molecule has 0 amide bonds. The Morgan fingerprint density at radius 1 is 1.33 bits per heavy atom. The second-order valence-corrected chi connectivity index (χ2v) is 7.45. The highest BCUT2D eigenvalue weighted by Gasteiger charge is 2.10. The first-order valence-electron chi connectivity index (χ1n) is 8.51. The fourth-order valence-corrected chi connectivity index (χ4v) is 3.66. The molecule has 2 rings (SSSR count). The normalized spacial score (nSPS) is 13.1. The Hall–Kier alpha value is -1.82. The molecule has 0 aliphatic rings. The molecule has 0 aliphatic heterocycles. The van der Waals surface area contributed by atoms with Gasteiger partial charge in [0.15, 0.2) is 5.96 Å². The lowest BCUT2D eigenvalue weighted by Crippen LogP contribution is -2.43. The third-order valence-corrected chi connectivity index (χ3v) is 4.87. The maximum absolute atomic E-state index is 5.20. The van der Waals surface area contributed by atoms with E-state index in [4.69, 9.17) is 4.52 Å². The van der Waals surface area contributed by atoms with Gasteiger partial charge in [-0.05, 0) is 53.2 Å². The zero-order valence-electron chi connectivity index (χ0n) is 15.3. The molecule has 1 atom stereocenters. The number of thiophene rings is 1. The Bertz CT molecular complexity index is 655. The van der Waals surface area contributed by atoms with E-state index in [1.165, 1.54) is 9.75 Å². The van der Waals surface area contributed by atoms with Crippen LogP contribution in [0.25, 0.3) is 0 Å². The second kappa shape index (κ2) is 8.87. The first-order chi connectivity index (χ1) is 11.5. The van der Waals surface area contributed by atoms with Crippen molar-refractivity contribution >= 4 is 17.3 Å². The van der Waals surface area contributed by atoms with Crippen LogP contribution in [-0.4, -0.2) is 30.2 Å². The van der Waals surface area contributed by atoms with Gasteiger partial charge in [0.05, 0.1) is 5.69 Å². The van der Waals surface area contributed by atoms with Crippen LogP contribution in [-0.2, 0) is 12.8 Å². The average molecular weight is 349 g/mol. The van der Waals surface area contributed by atoms with Crippen molar-refractivity contribution in [2.24, 2.45) is 4.99 Å². The number of aromatic nitrogens is 1. The highest BCUT2D eigenvalue weighted by atomic mass is 32.1. The number of hydrogen-bond acceptors (Lipinski definition) is 4. The highest BCUT2D eigenvalue weighted by Crippen LogP contribution is 2.16. The quantitative estimate of drug-likeness (QED) is 0.595. The van der Waals surface area contributed by atoms with Crippen molar-refractivity contribution in [3.63, 3.8) is 0 Å². The third-order valence-electron chi connectivity index (χ3n) is 3.84. The smallest absolute Gasteiger partial charge is 0.191 e. The first-order valence-corrected chi connectivity index (χ1v) is 9.33. The molecule has 0 fully saturated rings. The molecule has 0 spiro atoms. The summed E-state index contributed by atoms with van der Waals surface area (Å²) in [4.78, 5) is 7.45. The van der Waals surface area contributed by atoms with Crippen molar-refractivity contribution in [3.05, 3.63) is 38.9 Å². The Morgan fingerprint density at radius 3 is 2.71 bits per heavy atom. The zero-order chi connectivity index (χ0) is 17.5. The summed E-state index contributed by atoms with van der Waals surface area (Å²) in [7, 11) is 0. The van der Waals surface area contributed by atoms with Crippen molar-refractivity contribution < 1.29 is 4.52 Å². The van der Waals surface area contributed by atoms with Gasteiger partial charge in [-0.2, -0.15) is 0 Å². The maximum Gasteiger partial charge on any atom is 0.191 e. The van der Waals surface area contributed by atoms with Gasteiger partial charge in [0.25, 0.3) is 0 Å². The van der Waals surface area contributed by atoms with E-state index in [2.05, 4.69) is 53.7 Å². The molecule has 0 aliphatic carbocycles. The largest absolute Gasteiger partial charge is 0.361 e. The van der Waals surface area contributed by atoms with E-state index in [-0.39, 0.29) is 0 Å². The molecule has 1 unspecified atom stereocenters. The Balaban J connectivity index is 1.90. The molecule has 132 valence electrons. The fraction of sp³-hybridized carbons (Fsp3) is 0.556. The minimum absolute atomic E-state index is 0.333. The van der Waals surface area contributed by atoms with Gasteiger partial charge in [-0.15, -0.1) is 11.3 Å². The van der Waals surface area contributed by atoms with Crippen LogP contribution in [0.2, 0.25) is 0 Å². The number of guanidine groups is 1. The van der Waals surface area contributed by atoms with Crippen molar-refractivity contribution in [2.45, 2.75) is 53.5 Å². The molecule has 0 aromatic carbocycles. The molecule has 2 aromatic rings. The summed E-state index contributed by atoms with van der Waals surface area (Å²) in [6.07, 6.45) is 1.85. The van der Waals surface area contributed by atoms with Gasteiger partial charge < -0.3 is 15.2 Å². The van der Waals surface area contributed by atoms with Crippen LogP contribution in [0.1, 0.15) is 40.6 Å². The lowest BCUT2D eigenvalue weighted by molar-refractivity contribution is 0.392. The van der Waals surface area contributed by atoms with Crippen LogP contribution in [0, 0.1) is 20.8 Å². The van der Waals surface area contributed by atoms with E-state index >= 15 is 0 Å². The lowest BCUT2D eigenvalue weighted by atomic mass is 10.1. The van der Waals surface area contributed by atoms with Gasteiger partial charge in [-0.1, -0.05) is 5.16 Å². The third kappa shape index (κ3) is 5.37. The lowest BCUT2D eigenvalue weighted by Gasteiger charge is -2.17. The maximum atomic E-state index is 5.20. The van der Waals surface area contributed by atoms with Gasteiger partial charge >= 0.3 is 0 Å². The van der Waals surface area contributed by atoms with Crippen molar-refractivity contribution in [1.82, 2.24) is 15.8 Å². The van der Waals surface area contributed by atoms with E-state index in [0.717, 1.165) is 42.4 Å². The Kier molecular flexibility index (Phi) is 6.85. The van der Waals surface area contributed by atoms with Crippen LogP contribution in [0.3, 0.4) is 0 Å². The molecule has 0 bridgehead atoms. The van der Waals surface area contributed by atoms with Crippen molar-refractivity contribution in [1.29, 1.82) is 0 Å². The average Bonchev–Trinajstić information content (AvgIpc) is 3.06. The molecule has 24 heavy (non-hydrogen) atoms. The number of rotatable bonds is 7. The molecule has 6 heteroatoms. The SMILES string of the molecule is CCNC(=NCCc1c(C)noc1C)NC(C)Cc1ccc(C)s1. The summed E-state index contributed by atoms with van der Waals surface area (Å²) < 4.78 is 5.20. The van der Waals surface area contributed by atoms with Crippen LogP contribution in [0.15, 0.2) is 21.6 Å². The van der Waals surface area contributed by atoms with Gasteiger partial charge in [-0.3, -0.25) is 4.99 Å². The Labute approximate surface area is 148 Å². The van der Waals surface area contributed by atoms with Crippen LogP contribution in [0.4, 0.5) is 0 Å². The van der Waals surface area contributed by atoms with E-state index in [9.17, 15) is 0 Å². The molecule has 2 N–H and O–H groups in total. The first kappa shape index (κ1) is 18.5. The number of nitrogens with zero attached hydrogens (tertiary/aromatic N) is 2. The molecule has 2 aromatic heterocycles. The number of nitrogens with one attached hydrogen (secondary N) is 2. The van der Waals surface area contributed by atoms with E-state index in [1.54, 1.807) is 0 Å². The summed E-state index contributed by atoms with van der Waals surface area (Å²) in [6, 6.07) is 4.72. The molecule has 0 saturated carbocycles. The summed E-state index contributed by atoms with van der Waals surface area (Å²) in [5.41, 5.74) is 2.12. The highest BCUT2D eigenvalue weighted by molar-refractivity contribution is 7.11. The Morgan fingerprint density at radius 2 is 2.12 bits per heavy atom. The van der Waals surface area contributed by atoms with Crippen LogP contribution >= 0.6 is 11.3 Å². The topological polar surface area (TPSA) is 62.5 Å². The van der Waals surface area contributed by atoms with Gasteiger partial charge in [0.1, 0.15) is 5.76 Å². The number of hydrogen-bond donors (Lipinski definition) is 2. The summed E-state index contributed by atoms with van der Waals surface area (Å²) >= 11 is 1.86. The number of aryl methyl sites for hydroxylation is 3. The molecular weight excluding hydrogens is 320 g/mol. The summed E-state index contributed by atoms with van der Waals surface area (Å²) in [6.45, 7) is 11.9. The number of aliphatic imine (C=N–C) groups is 1. The van der Waals surface area contributed by atoms with Crippen LogP contribution in [0.5, 0.6) is 0 Å². The fourth-order valence-electron chi connectivity index (χ4n) is 2.64.